The van der Waals surface area contributed by atoms with E-state index in [0.29, 0.717) is 0 Å². The average Bonchev–Trinajstić information content (AvgIpc) is 2.56. The summed E-state index contributed by atoms with van der Waals surface area (Å²) in [6.07, 6.45) is 16.9. The summed E-state index contributed by atoms with van der Waals surface area (Å²) in [5.41, 5.74) is 7.66. The molecule has 0 radical (unpaired) electrons. The number of anilines is 1. The highest BCUT2D eigenvalue weighted by Crippen LogP contribution is 2.11. The van der Waals surface area contributed by atoms with E-state index in [1.54, 1.807) is 0 Å². The van der Waals surface area contributed by atoms with Gasteiger partial charge >= 0.3 is 0 Å². The average molecular weight is 305 g/mol. The lowest BCUT2D eigenvalue weighted by Gasteiger charge is -2.08. The number of nitrogens with one attached hydrogen (secondary N) is 2. The van der Waals surface area contributed by atoms with E-state index in [0.717, 1.165) is 12.2 Å². The van der Waals surface area contributed by atoms with Crippen LogP contribution in [0.5, 0.6) is 0 Å². The van der Waals surface area contributed by atoms with Gasteiger partial charge in [-0.1, -0.05) is 95.8 Å². The molecule has 0 aromatic heterocycles. The van der Waals surface area contributed by atoms with Crippen LogP contribution in [0.1, 0.15) is 84.0 Å². The lowest BCUT2D eigenvalue weighted by molar-refractivity contribution is 0.540. The standard InChI is InChI=1S/C20H36N2/c1-2-3-4-5-6-7-8-9-10-11-12-16-19-21-22-20-17-14-13-15-18-20/h13-15,17-18,21-22H,2-12,16,19H2,1H3. The molecule has 0 spiro atoms. The topological polar surface area (TPSA) is 24.1 Å². The molecule has 0 saturated heterocycles. The molecule has 0 amide bonds. The third-order valence-corrected chi connectivity index (χ3v) is 4.16. The molecule has 22 heavy (non-hydrogen) atoms. The van der Waals surface area contributed by atoms with E-state index in [1.165, 1.54) is 77.0 Å². The van der Waals surface area contributed by atoms with Crippen molar-refractivity contribution in [2.75, 3.05) is 12.0 Å². The smallest absolute Gasteiger partial charge is 0.0487 e. The molecule has 0 aliphatic heterocycles. The van der Waals surface area contributed by atoms with Crippen LogP contribution in [-0.2, 0) is 0 Å². The summed E-state index contributed by atoms with van der Waals surface area (Å²) in [5, 5.41) is 0. The first kappa shape index (κ1) is 19.0. The van der Waals surface area contributed by atoms with Crippen molar-refractivity contribution in [3.8, 4) is 0 Å². The van der Waals surface area contributed by atoms with Crippen LogP contribution in [0.4, 0.5) is 5.69 Å². The summed E-state index contributed by atoms with van der Waals surface area (Å²) in [6, 6.07) is 10.3. The van der Waals surface area contributed by atoms with Crippen molar-refractivity contribution in [3.05, 3.63) is 30.3 Å². The third-order valence-electron chi connectivity index (χ3n) is 4.16. The number of hydrogen-bond acceptors (Lipinski definition) is 2. The zero-order chi connectivity index (χ0) is 15.7. The summed E-state index contributed by atoms with van der Waals surface area (Å²) >= 11 is 0. The van der Waals surface area contributed by atoms with E-state index in [4.69, 9.17) is 0 Å². The summed E-state index contributed by atoms with van der Waals surface area (Å²) in [6.45, 7) is 3.33. The van der Waals surface area contributed by atoms with Crippen molar-refractivity contribution >= 4 is 5.69 Å². The molecular weight excluding hydrogens is 268 g/mol. The number of rotatable bonds is 15. The summed E-state index contributed by atoms with van der Waals surface area (Å²) in [4.78, 5) is 0. The molecule has 1 aromatic carbocycles. The van der Waals surface area contributed by atoms with Crippen molar-refractivity contribution < 1.29 is 0 Å². The maximum absolute atomic E-state index is 3.29. The van der Waals surface area contributed by atoms with Crippen LogP contribution in [0, 0.1) is 0 Å². The summed E-state index contributed by atoms with van der Waals surface area (Å²) in [5.74, 6) is 0. The van der Waals surface area contributed by atoms with Crippen molar-refractivity contribution in [1.82, 2.24) is 5.43 Å². The SMILES string of the molecule is CCCCCCCCCCCCCCNNc1ccccc1. The highest BCUT2D eigenvalue weighted by atomic mass is 15.3. The molecule has 0 saturated carbocycles. The molecule has 0 aliphatic carbocycles. The van der Waals surface area contributed by atoms with Gasteiger partial charge in [-0.3, -0.25) is 0 Å². The van der Waals surface area contributed by atoms with E-state index < -0.39 is 0 Å². The lowest BCUT2D eigenvalue weighted by Crippen LogP contribution is -2.22. The van der Waals surface area contributed by atoms with Gasteiger partial charge in [0.05, 0.1) is 0 Å². The lowest BCUT2D eigenvalue weighted by atomic mass is 10.1. The van der Waals surface area contributed by atoms with Gasteiger partial charge in [0.2, 0.25) is 0 Å². The van der Waals surface area contributed by atoms with Crippen LogP contribution in [0.2, 0.25) is 0 Å². The Hall–Kier alpha value is -1.02. The zero-order valence-electron chi connectivity index (χ0n) is 14.6. The predicted octanol–water partition coefficient (Wildman–Crippen LogP) is 6.30. The van der Waals surface area contributed by atoms with Crippen molar-refractivity contribution in [3.63, 3.8) is 0 Å². The number of para-hydroxylation sites is 1. The van der Waals surface area contributed by atoms with Crippen molar-refractivity contribution in [1.29, 1.82) is 0 Å². The van der Waals surface area contributed by atoms with Crippen LogP contribution in [0.25, 0.3) is 0 Å². The monoisotopic (exact) mass is 304 g/mol. The molecule has 0 atom stereocenters. The Balaban J connectivity index is 1.73. The van der Waals surface area contributed by atoms with Gasteiger partial charge in [-0.2, -0.15) is 0 Å². The van der Waals surface area contributed by atoms with Crippen LogP contribution < -0.4 is 10.9 Å². The van der Waals surface area contributed by atoms with Crippen LogP contribution >= 0.6 is 0 Å². The third kappa shape index (κ3) is 11.6. The number of hydrazine groups is 1. The normalized spacial score (nSPS) is 10.8. The summed E-state index contributed by atoms with van der Waals surface area (Å²) < 4.78 is 0. The van der Waals surface area contributed by atoms with E-state index in [1.807, 2.05) is 18.2 Å². The van der Waals surface area contributed by atoms with Crippen LogP contribution in [0.15, 0.2) is 30.3 Å². The summed E-state index contributed by atoms with van der Waals surface area (Å²) in [7, 11) is 0. The highest BCUT2D eigenvalue weighted by Gasteiger charge is 1.94. The molecule has 2 heteroatoms. The maximum Gasteiger partial charge on any atom is 0.0487 e. The molecule has 0 heterocycles. The largest absolute Gasteiger partial charge is 0.322 e. The van der Waals surface area contributed by atoms with Gasteiger partial charge in [0.15, 0.2) is 0 Å². The molecule has 2 nitrogen and oxygen atoms in total. The van der Waals surface area contributed by atoms with Crippen molar-refractivity contribution in [2.45, 2.75) is 84.0 Å². The number of hydrogen-bond donors (Lipinski definition) is 2. The fraction of sp³-hybridized carbons (Fsp3) is 0.700. The Morgan fingerprint density at radius 3 is 1.68 bits per heavy atom. The van der Waals surface area contributed by atoms with Crippen LogP contribution in [-0.4, -0.2) is 6.54 Å². The molecule has 126 valence electrons. The van der Waals surface area contributed by atoms with Gasteiger partial charge in [0.1, 0.15) is 0 Å². The molecule has 0 fully saturated rings. The second kappa shape index (κ2) is 14.9. The Bertz CT molecular complexity index is 324. The van der Waals surface area contributed by atoms with Gasteiger partial charge in [0.25, 0.3) is 0 Å². The fourth-order valence-corrected chi connectivity index (χ4v) is 2.74. The van der Waals surface area contributed by atoms with E-state index in [2.05, 4.69) is 29.9 Å². The molecule has 0 unspecified atom stereocenters. The number of unbranched alkanes of at least 4 members (excludes halogenated alkanes) is 11. The Labute approximate surface area is 138 Å². The van der Waals surface area contributed by atoms with E-state index >= 15 is 0 Å². The Morgan fingerprint density at radius 2 is 1.14 bits per heavy atom. The van der Waals surface area contributed by atoms with Gasteiger partial charge in [-0.05, 0) is 18.6 Å². The predicted molar refractivity (Wildman–Crippen MR) is 99.1 cm³/mol. The first-order chi connectivity index (χ1) is 10.9. The van der Waals surface area contributed by atoms with Gasteiger partial charge in [-0.25, -0.2) is 5.43 Å². The number of benzene rings is 1. The molecule has 1 rings (SSSR count). The fourth-order valence-electron chi connectivity index (χ4n) is 2.74. The zero-order valence-corrected chi connectivity index (χ0v) is 14.6. The molecular formula is C20H36N2. The maximum atomic E-state index is 3.29. The van der Waals surface area contributed by atoms with Gasteiger partial charge in [0, 0.05) is 12.2 Å². The first-order valence-corrected chi connectivity index (χ1v) is 9.47. The molecule has 0 aliphatic rings. The van der Waals surface area contributed by atoms with E-state index in [9.17, 15) is 0 Å². The first-order valence-electron chi connectivity index (χ1n) is 9.47. The Kier molecular flexibility index (Phi) is 12.9. The minimum Gasteiger partial charge on any atom is -0.322 e. The minimum atomic E-state index is 1.05. The van der Waals surface area contributed by atoms with Crippen LogP contribution in [0.3, 0.4) is 0 Å². The van der Waals surface area contributed by atoms with Crippen molar-refractivity contribution in [2.24, 2.45) is 0 Å². The van der Waals surface area contributed by atoms with Gasteiger partial charge in [-0.15, -0.1) is 0 Å². The van der Waals surface area contributed by atoms with Gasteiger partial charge < -0.3 is 5.43 Å². The quantitative estimate of drug-likeness (QED) is 0.293. The highest BCUT2D eigenvalue weighted by molar-refractivity contribution is 5.41. The molecule has 2 N–H and O–H groups in total. The van der Waals surface area contributed by atoms with E-state index in [-0.39, 0.29) is 0 Å². The molecule has 1 aromatic rings. The second-order valence-electron chi connectivity index (χ2n) is 6.31. The Morgan fingerprint density at radius 1 is 0.636 bits per heavy atom. The minimum absolute atomic E-state index is 1.05. The molecule has 0 bridgehead atoms. The second-order valence-corrected chi connectivity index (χ2v) is 6.31.